The van der Waals surface area contributed by atoms with Gasteiger partial charge in [-0.2, -0.15) is 13.2 Å². The van der Waals surface area contributed by atoms with Gasteiger partial charge in [0.1, 0.15) is 0 Å². The van der Waals surface area contributed by atoms with E-state index in [0.717, 1.165) is 17.7 Å². The molecule has 0 aliphatic carbocycles. The molecule has 0 radical (unpaired) electrons. The Hall–Kier alpha value is -0.590. The van der Waals surface area contributed by atoms with Crippen molar-refractivity contribution in [1.29, 1.82) is 0 Å². The van der Waals surface area contributed by atoms with Crippen LogP contribution in [-0.4, -0.2) is 4.98 Å². The van der Waals surface area contributed by atoms with E-state index < -0.39 is 11.7 Å². The highest BCUT2D eigenvalue weighted by Gasteiger charge is 2.31. The van der Waals surface area contributed by atoms with Gasteiger partial charge in [0, 0.05) is 21.7 Å². The predicted molar refractivity (Wildman–Crippen MR) is 83.8 cm³/mol. The van der Waals surface area contributed by atoms with Gasteiger partial charge in [0.2, 0.25) is 0 Å². The molecule has 0 spiro atoms. The molecule has 1 atom stereocenters. The third kappa shape index (κ3) is 4.20. The molecule has 1 unspecified atom stereocenters. The summed E-state index contributed by atoms with van der Waals surface area (Å²) in [6.45, 7) is 0. The van der Waals surface area contributed by atoms with Gasteiger partial charge in [-0.1, -0.05) is 43.5 Å². The number of pyridine rings is 1. The molecule has 1 aromatic carbocycles. The summed E-state index contributed by atoms with van der Waals surface area (Å²) in [5.74, 6) is 0. The van der Waals surface area contributed by atoms with E-state index in [1.54, 1.807) is 12.3 Å². The van der Waals surface area contributed by atoms with Crippen LogP contribution in [0.15, 0.2) is 41.1 Å². The van der Waals surface area contributed by atoms with Gasteiger partial charge in [0.05, 0.1) is 10.6 Å². The molecule has 0 saturated heterocycles. The van der Waals surface area contributed by atoms with Crippen molar-refractivity contribution in [1.82, 2.24) is 4.98 Å². The Bertz CT molecular complexity index is 646. The number of rotatable bonds is 3. The molecule has 1 aromatic heterocycles. The van der Waals surface area contributed by atoms with E-state index in [1.165, 1.54) is 12.3 Å². The second-order valence-electron chi connectivity index (χ2n) is 4.37. The molecule has 0 aliphatic rings. The van der Waals surface area contributed by atoms with Crippen molar-refractivity contribution in [2.45, 2.75) is 17.4 Å². The fourth-order valence-electron chi connectivity index (χ4n) is 1.83. The summed E-state index contributed by atoms with van der Waals surface area (Å²) in [5.41, 5.74) is 0.668. The summed E-state index contributed by atoms with van der Waals surface area (Å²) >= 11 is 12.7. The highest BCUT2D eigenvalue weighted by Crippen LogP contribution is 2.38. The summed E-state index contributed by atoms with van der Waals surface area (Å²) in [5, 5.41) is 0.491. The molecular weight excluding hydrogens is 434 g/mol. The fourth-order valence-corrected chi connectivity index (χ4v) is 3.59. The van der Waals surface area contributed by atoms with E-state index in [4.69, 9.17) is 11.6 Å². The minimum atomic E-state index is -4.36. The quantitative estimate of drug-likeness (QED) is 0.515. The van der Waals surface area contributed by atoms with E-state index >= 15 is 0 Å². The fraction of sp³-hybridized carbons (Fsp3) is 0.214. The SMILES string of the molecule is FC(F)(F)c1ccc(Br)c(C(Br)Cc2ccncc2Cl)c1. The van der Waals surface area contributed by atoms with Gasteiger partial charge in [0.15, 0.2) is 0 Å². The first-order valence-corrected chi connectivity index (χ1v) is 7.97. The van der Waals surface area contributed by atoms with Crippen molar-refractivity contribution in [3.8, 4) is 0 Å². The number of hydrogen-bond donors (Lipinski definition) is 0. The number of benzene rings is 1. The van der Waals surface area contributed by atoms with E-state index in [1.807, 2.05) is 0 Å². The first-order valence-electron chi connectivity index (χ1n) is 5.88. The van der Waals surface area contributed by atoms with E-state index in [9.17, 15) is 13.2 Å². The molecule has 0 bridgehead atoms. The molecular formula is C14H9Br2ClF3N. The topological polar surface area (TPSA) is 12.9 Å². The van der Waals surface area contributed by atoms with Crippen LogP contribution in [0, 0.1) is 0 Å². The molecule has 0 N–H and O–H groups in total. The summed E-state index contributed by atoms with van der Waals surface area (Å²) in [4.78, 5) is 3.59. The van der Waals surface area contributed by atoms with Gasteiger partial charge < -0.3 is 0 Å². The lowest BCUT2D eigenvalue weighted by Gasteiger charge is -2.16. The maximum absolute atomic E-state index is 12.8. The molecule has 0 aliphatic heterocycles. The molecule has 112 valence electrons. The van der Waals surface area contributed by atoms with Crippen molar-refractivity contribution >= 4 is 43.5 Å². The highest BCUT2D eigenvalue weighted by atomic mass is 79.9. The van der Waals surface area contributed by atoms with E-state index in [-0.39, 0.29) is 4.83 Å². The monoisotopic (exact) mass is 441 g/mol. The van der Waals surface area contributed by atoms with Crippen molar-refractivity contribution in [3.05, 3.63) is 62.8 Å². The molecule has 0 amide bonds. The van der Waals surface area contributed by atoms with Crippen LogP contribution in [0.1, 0.15) is 21.5 Å². The van der Waals surface area contributed by atoms with Crippen LogP contribution in [0.3, 0.4) is 0 Å². The van der Waals surface area contributed by atoms with Gasteiger partial charge in [-0.05, 0) is 41.8 Å². The van der Waals surface area contributed by atoms with Crippen LogP contribution in [0.2, 0.25) is 5.02 Å². The zero-order valence-electron chi connectivity index (χ0n) is 10.5. The average molecular weight is 443 g/mol. The van der Waals surface area contributed by atoms with Gasteiger partial charge in [-0.25, -0.2) is 0 Å². The lowest BCUT2D eigenvalue weighted by Crippen LogP contribution is -2.07. The van der Waals surface area contributed by atoms with Gasteiger partial charge in [0.25, 0.3) is 0 Å². The molecule has 1 heterocycles. The maximum atomic E-state index is 12.8. The first kappa shape index (κ1) is 16.8. The zero-order valence-corrected chi connectivity index (χ0v) is 14.4. The van der Waals surface area contributed by atoms with Crippen LogP contribution in [0.25, 0.3) is 0 Å². The normalized spacial score (nSPS) is 13.2. The second-order valence-corrected chi connectivity index (χ2v) is 6.74. The van der Waals surface area contributed by atoms with E-state index in [2.05, 4.69) is 36.8 Å². The summed E-state index contributed by atoms with van der Waals surface area (Å²) in [6, 6.07) is 5.34. The van der Waals surface area contributed by atoms with Crippen LogP contribution in [0.5, 0.6) is 0 Å². The molecule has 7 heteroatoms. The van der Waals surface area contributed by atoms with Crippen molar-refractivity contribution in [2.75, 3.05) is 0 Å². The van der Waals surface area contributed by atoms with Gasteiger partial charge in [-0.15, -0.1) is 0 Å². The van der Waals surface area contributed by atoms with Crippen LogP contribution >= 0.6 is 43.5 Å². The standard InChI is InChI=1S/C14H9Br2ClF3N/c15-11-2-1-9(14(18,19)20)6-10(11)12(16)5-8-3-4-21-7-13(8)17/h1-4,6-7,12H,5H2. The molecule has 2 aromatic rings. The van der Waals surface area contributed by atoms with Crippen LogP contribution < -0.4 is 0 Å². The molecule has 0 fully saturated rings. The molecule has 0 saturated carbocycles. The Morgan fingerprint density at radius 1 is 1.24 bits per heavy atom. The summed E-state index contributed by atoms with van der Waals surface area (Å²) in [6.07, 6.45) is -0.794. The Balaban J connectivity index is 2.31. The van der Waals surface area contributed by atoms with Crippen LogP contribution in [0.4, 0.5) is 13.2 Å². The lowest BCUT2D eigenvalue weighted by atomic mass is 10.0. The van der Waals surface area contributed by atoms with Gasteiger partial charge in [-0.3, -0.25) is 4.98 Å². The smallest absolute Gasteiger partial charge is 0.263 e. The first-order chi connectivity index (χ1) is 9.79. The Kier molecular flexibility index (Phi) is 5.33. The summed E-state index contributed by atoms with van der Waals surface area (Å²) in [7, 11) is 0. The number of halogens is 6. The number of nitrogens with zero attached hydrogens (tertiary/aromatic N) is 1. The predicted octanol–water partition coefficient (Wildman–Crippen LogP) is 6.20. The van der Waals surface area contributed by atoms with Crippen molar-refractivity contribution in [3.63, 3.8) is 0 Å². The third-order valence-electron chi connectivity index (χ3n) is 2.92. The van der Waals surface area contributed by atoms with E-state index in [0.29, 0.717) is 21.5 Å². The molecule has 2 rings (SSSR count). The third-order valence-corrected chi connectivity index (χ3v) is 4.80. The molecule has 21 heavy (non-hydrogen) atoms. The second kappa shape index (κ2) is 6.67. The van der Waals surface area contributed by atoms with Crippen molar-refractivity contribution in [2.24, 2.45) is 0 Å². The largest absolute Gasteiger partial charge is 0.416 e. The number of aromatic nitrogens is 1. The number of hydrogen-bond acceptors (Lipinski definition) is 1. The maximum Gasteiger partial charge on any atom is 0.416 e. The average Bonchev–Trinajstić information content (AvgIpc) is 2.40. The highest BCUT2D eigenvalue weighted by molar-refractivity contribution is 9.11. The lowest BCUT2D eigenvalue weighted by molar-refractivity contribution is -0.137. The minimum absolute atomic E-state index is 0.297. The van der Waals surface area contributed by atoms with Crippen molar-refractivity contribution < 1.29 is 13.2 Å². The summed E-state index contributed by atoms with van der Waals surface area (Å²) < 4.78 is 39.0. The van der Waals surface area contributed by atoms with Crippen LogP contribution in [-0.2, 0) is 12.6 Å². The van der Waals surface area contributed by atoms with Gasteiger partial charge >= 0.3 is 6.18 Å². The number of alkyl halides is 4. The minimum Gasteiger partial charge on any atom is -0.263 e. The molecule has 1 nitrogen and oxygen atoms in total. The Labute approximate surface area is 141 Å². The Morgan fingerprint density at radius 3 is 2.57 bits per heavy atom. The zero-order chi connectivity index (χ0) is 15.6. The Morgan fingerprint density at radius 2 is 1.95 bits per heavy atom.